The molecule has 2 aromatic heterocycles. The molecule has 1 unspecified atom stereocenters. The molecule has 1 aliphatic heterocycles. The number of alkyl carbamates (subject to hydrolysis) is 1. The molecule has 1 aromatic carbocycles. The van der Waals surface area contributed by atoms with Gasteiger partial charge >= 0.3 is 11.8 Å². The Morgan fingerprint density at radius 1 is 1.23 bits per heavy atom. The van der Waals surface area contributed by atoms with E-state index in [0.717, 1.165) is 36.1 Å². The van der Waals surface area contributed by atoms with E-state index in [-0.39, 0.29) is 11.6 Å². The van der Waals surface area contributed by atoms with Gasteiger partial charge < -0.3 is 25.4 Å². The van der Waals surface area contributed by atoms with E-state index in [4.69, 9.17) is 21.3 Å². The van der Waals surface area contributed by atoms with Crippen LogP contribution in [0.4, 0.5) is 22.2 Å². The summed E-state index contributed by atoms with van der Waals surface area (Å²) in [5.41, 5.74) is 0.701. The van der Waals surface area contributed by atoms with E-state index >= 15 is 0 Å². The maximum atomic E-state index is 12.9. The van der Waals surface area contributed by atoms with Gasteiger partial charge in [-0.25, -0.2) is 14.6 Å². The van der Waals surface area contributed by atoms with Crippen molar-refractivity contribution in [3.63, 3.8) is 0 Å². The van der Waals surface area contributed by atoms with Crippen LogP contribution in [0.2, 0.25) is 5.02 Å². The van der Waals surface area contributed by atoms with Crippen molar-refractivity contribution in [2.24, 2.45) is 13.0 Å². The monoisotopic (exact) mass is 573 g/mol. The molecule has 218 valence electrons. The lowest BCUT2D eigenvalue weighted by Crippen LogP contribution is -2.42. The number of piperidine rings is 1. The zero-order valence-electron chi connectivity index (χ0n) is 24.1. The predicted molar refractivity (Wildman–Crippen MR) is 158 cm³/mol. The number of nitrogens with one attached hydrogen (secondary N) is 2. The molecule has 11 nitrogen and oxygen atoms in total. The van der Waals surface area contributed by atoms with Crippen LogP contribution >= 0.6 is 11.6 Å². The second-order valence-corrected chi connectivity index (χ2v) is 12.5. The Balaban J connectivity index is 1.49. The molecule has 4 rings (SSSR count). The van der Waals surface area contributed by atoms with Crippen molar-refractivity contribution in [3.05, 3.63) is 39.9 Å². The smallest absolute Gasteiger partial charge is 0.407 e. The Hall–Kier alpha value is -3.31. The standard InChI is InChI=1S/C28H40ClN7O4/c1-27(2,3)40-25(37)31-15-18-8-7-12-35(17-18)24-30-16-20(29)23(33-24)32-19-9-10-21-22(14-19)36(26(38)34(21)6)13-11-28(4,5)39/h9-10,14,16,18,39H,7-8,11-13,15,17H2,1-6H3,(H,31,37)(H,30,32,33). The SMILES string of the molecule is Cn1c(=O)n(CCC(C)(C)O)c2cc(Nc3nc(N4CCCC(CNC(=O)OC(C)(C)C)C4)ncc3Cl)ccc21. The number of nitrogens with zero attached hydrogens (tertiary/aromatic N) is 5. The first-order chi connectivity index (χ1) is 18.7. The van der Waals surface area contributed by atoms with E-state index in [9.17, 15) is 14.7 Å². The first-order valence-corrected chi connectivity index (χ1v) is 14.0. The van der Waals surface area contributed by atoms with Gasteiger partial charge in [-0.2, -0.15) is 4.98 Å². The van der Waals surface area contributed by atoms with Crippen LogP contribution in [0.1, 0.15) is 53.9 Å². The number of hydrogen-bond acceptors (Lipinski definition) is 8. The molecule has 0 saturated carbocycles. The molecule has 3 aromatic rings. The average Bonchev–Trinajstić information content (AvgIpc) is 3.10. The van der Waals surface area contributed by atoms with Gasteiger partial charge in [-0.15, -0.1) is 0 Å². The van der Waals surface area contributed by atoms with E-state index in [2.05, 4.69) is 20.5 Å². The van der Waals surface area contributed by atoms with Gasteiger partial charge in [0.05, 0.1) is 22.8 Å². The Morgan fingerprint density at radius 3 is 2.67 bits per heavy atom. The molecular weight excluding hydrogens is 534 g/mol. The fourth-order valence-electron chi connectivity index (χ4n) is 4.78. The number of aliphatic hydroxyl groups is 1. The number of ether oxygens (including phenoxy) is 1. The fourth-order valence-corrected chi connectivity index (χ4v) is 4.92. The normalized spacial score (nSPS) is 16.3. The summed E-state index contributed by atoms with van der Waals surface area (Å²) >= 11 is 6.48. The fraction of sp³-hybridized carbons (Fsp3) is 0.571. The van der Waals surface area contributed by atoms with Crippen molar-refractivity contribution in [3.8, 4) is 0 Å². The number of rotatable bonds is 8. The summed E-state index contributed by atoms with van der Waals surface area (Å²) < 4.78 is 8.63. The summed E-state index contributed by atoms with van der Waals surface area (Å²) in [6.07, 6.45) is 3.53. The molecule has 0 radical (unpaired) electrons. The molecule has 1 aliphatic rings. The highest BCUT2D eigenvalue weighted by Crippen LogP contribution is 2.28. The molecular formula is C28H40ClN7O4. The summed E-state index contributed by atoms with van der Waals surface area (Å²) in [5.74, 6) is 1.25. The van der Waals surface area contributed by atoms with Crippen molar-refractivity contribution in [2.75, 3.05) is 29.9 Å². The summed E-state index contributed by atoms with van der Waals surface area (Å²) in [5, 5.41) is 16.7. The zero-order valence-corrected chi connectivity index (χ0v) is 24.9. The van der Waals surface area contributed by atoms with E-state index < -0.39 is 17.3 Å². The Labute approximate surface area is 239 Å². The molecule has 0 bridgehead atoms. The summed E-state index contributed by atoms with van der Waals surface area (Å²) in [6, 6.07) is 5.64. The van der Waals surface area contributed by atoms with E-state index in [1.54, 1.807) is 36.2 Å². The molecule has 0 spiro atoms. The molecule has 1 atom stereocenters. The van der Waals surface area contributed by atoms with Gasteiger partial charge in [-0.1, -0.05) is 11.6 Å². The van der Waals surface area contributed by atoms with Gasteiger partial charge in [0.15, 0.2) is 5.82 Å². The second kappa shape index (κ2) is 11.7. The number of imidazole rings is 1. The van der Waals surface area contributed by atoms with Crippen LogP contribution in [-0.2, 0) is 18.3 Å². The van der Waals surface area contributed by atoms with Crippen molar-refractivity contribution < 1.29 is 14.6 Å². The quantitative estimate of drug-likeness (QED) is 0.361. The molecule has 1 saturated heterocycles. The van der Waals surface area contributed by atoms with E-state index in [0.29, 0.717) is 42.8 Å². The molecule has 1 amide bonds. The Kier molecular flexibility index (Phi) is 8.65. The molecule has 1 fully saturated rings. The van der Waals surface area contributed by atoms with Gasteiger partial charge in [0.1, 0.15) is 10.6 Å². The van der Waals surface area contributed by atoms with Crippen LogP contribution in [-0.4, -0.2) is 61.1 Å². The zero-order chi connectivity index (χ0) is 29.2. The van der Waals surface area contributed by atoms with Crippen LogP contribution < -0.4 is 21.2 Å². The lowest BCUT2D eigenvalue weighted by molar-refractivity contribution is 0.0517. The number of anilines is 3. The van der Waals surface area contributed by atoms with E-state index in [1.165, 1.54) is 0 Å². The number of aromatic nitrogens is 4. The van der Waals surface area contributed by atoms with Gasteiger partial charge in [0, 0.05) is 38.9 Å². The van der Waals surface area contributed by atoms with Crippen LogP contribution in [0.5, 0.6) is 0 Å². The largest absolute Gasteiger partial charge is 0.444 e. The van der Waals surface area contributed by atoms with Gasteiger partial charge in [0.25, 0.3) is 0 Å². The summed E-state index contributed by atoms with van der Waals surface area (Å²) in [6.45, 7) is 11.4. The Bertz CT molecular complexity index is 1420. The van der Waals surface area contributed by atoms with Crippen molar-refractivity contribution in [1.29, 1.82) is 0 Å². The molecule has 3 N–H and O–H groups in total. The lowest BCUT2D eigenvalue weighted by Gasteiger charge is -2.33. The van der Waals surface area contributed by atoms with Gasteiger partial charge in [-0.3, -0.25) is 9.13 Å². The van der Waals surface area contributed by atoms with Crippen LogP contribution in [0.15, 0.2) is 29.2 Å². The summed E-state index contributed by atoms with van der Waals surface area (Å²) in [4.78, 5) is 36.2. The number of hydrogen-bond donors (Lipinski definition) is 3. The van der Waals surface area contributed by atoms with Crippen molar-refractivity contribution in [2.45, 2.75) is 71.6 Å². The van der Waals surface area contributed by atoms with E-state index in [1.807, 2.05) is 39.0 Å². The lowest BCUT2D eigenvalue weighted by atomic mass is 9.98. The molecule has 3 heterocycles. The third-order valence-corrected chi connectivity index (χ3v) is 7.10. The first-order valence-electron chi connectivity index (χ1n) is 13.6. The number of fused-ring (bicyclic) bond motifs is 1. The molecule has 40 heavy (non-hydrogen) atoms. The minimum Gasteiger partial charge on any atom is -0.444 e. The number of halogens is 1. The van der Waals surface area contributed by atoms with Crippen LogP contribution in [0.25, 0.3) is 11.0 Å². The van der Waals surface area contributed by atoms with Crippen LogP contribution in [0, 0.1) is 5.92 Å². The Morgan fingerprint density at radius 2 is 1.98 bits per heavy atom. The number of carbonyl (C=O) groups excluding carboxylic acids is 1. The maximum absolute atomic E-state index is 12.9. The number of carbonyl (C=O) groups is 1. The molecule has 0 aliphatic carbocycles. The van der Waals surface area contributed by atoms with Crippen molar-refractivity contribution in [1.82, 2.24) is 24.4 Å². The highest BCUT2D eigenvalue weighted by atomic mass is 35.5. The third-order valence-electron chi connectivity index (χ3n) is 6.82. The minimum atomic E-state index is -0.887. The van der Waals surface area contributed by atoms with Crippen molar-refractivity contribution >= 4 is 46.2 Å². The number of amides is 1. The predicted octanol–water partition coefficient (Wildman–Crippen LogP) is 4.43. The van der Waals surface area contributed by atoms with Gasteiger partial charge in [0.2, 0.25) is 5.95 Å². The maximum Gasteiger partial charge on any atom is 0.407 e. The number of benzene rings is 1. The minimum absolute atomic E-state index is 0.139. The topological polar surface area (TPSA) is 127 Å². The number of aryl methyl sites for hydroxylation is 2. The second-order valence-electron chi connectivity index (χ2n) is 12.1. The first kappa shape index (κ1) is 29.7. The average molecular weight is 574 g/mol. The highest BCUT2D eigenvalue weighted by molar-refractivity contribution is 6.32. The summed E-state index contributed by atoms with van der Waals surface area (Å²) in [7, 11) is 1.74. The molecule has 12 heteroatoms. The van der Waals surface area contributed by atoms with Crippen LogP contribution in [0.3, 0.4) is 0 Å². The third kappa shape index (κ3) is 7.45. The highest BCUT2D eigenvalue weighted by Gasteiger charge is 2.24. The van der Waals surface area contributed by atoms with Gasteiger partial charge in [-0.05, 0) is 78.0 Å².